The van der Waals surface area contributed by atoms with Crippen LogP contribution in [0.5, 0.6) is 5.75 Å². The average molecular weight is 300 g/mol. The number of amides is 1. The highest BCUT2D eigenvalue weighted by molar-refractivity contribution is 6.30. The van der Waals surface area contributed by atoms with Gasteiger partial charge in [-0.15, -0.1) is 0 Å². The molecule has 0 spiro atoms. The van der Waals surface area contributed by atoms with E-state index in [1.54, 1.807) is 11.0 Å². The molecule has 0 unspecified atom stereocenters. The minimum atomic E-state index is -0.195. The van der Waals surface area contributed by atoms with E-state index in [9.17, 15) is 9.90 Å². The third-order valence-electron chi connectivity index (χ3n) is 3.36. The van der Waals surface area contributed by atoms with Crippen LogP contribution in [-0.2, 0) is 4.74 Å². The highest BCUT2D eigenvalue weighted by Crippen LogP contribution is 2.24. The first-order chi connectivity index (χ1) is 9.61. The molecule has 0 aromatic heterocycles. The predicted molar refractivity (Wildman–Crippen MR) is 75.1 cm³/mol. The lowest BCUT2D eigenvalue weighted by Crippen LogP contribution is -2.41. The summed E-state index contributed by atoms with van der Waals surface area (Å²) in [5.41, 5.74) is 0.268. The first-order valence-corrected chi connectivity index (χ1v) is 7.00. The summed E-state index contributed by atoms with van der Waals surface area (Å²) in [6.45, 7) is 1.50. The lowest BCUT2D eigenvalue weighted by molar-refractivity contribution is -0.00558. The molecular weight excluding hydrogens is 282 g/mol. The van der Waals surface area contributed by atoms with E-state index in [4.69, 9.17) is 21.4 Å². The number of aromatic hydroxyl groups is 1. The Hall–Kier alpha value is -1.30. The van der Waals surface area contributed by atoms with Crippen LogP contribution in [0.3, 0.4) is 0 Å². The molecule has 0 bridgehead atoms. The molecular formula is C14H18ClNO4. The Kier molecular flexibility index (Phi) is 5.23. The summed E-state index contributed by atoms with van der Waals surface area (Å²) in [5.74, 6) is -0.291. The van der Waals surface area contributed by atoms with Crippen LogP contribution in [0.25, 0.3) is 0 Å². The van der Waals surface area contributed by atoms with Crippen molar-refractivity contribution >= 4 is 17.5 Å². The molecule has 0 saturated carbocycles. The maximum Gasteiger partial charge on any atom is 0.257 e. The summed E-state index contributed by atoms with van der Waals surface area (Å²) in [6, 6.07) is 4.49. The monoisotopic (exact) mass is 299 g/mol. The highest BCUT2D eigenvalue weighted by atomic mass is 35.5. The predicted octanol–water partition coefficient (Wildman–Crippen LogP) is 1.66. The molecule has 110 valence electrons. The highest BCUT2D eigenvalue weighted by Gasteiger charge is 2.25. The fourth-order valence-electron chi connectivity index (χ4n) is 2.30. The lowest BCUT2D eigenvalue weighted by Gasteiger charge is -2.32. The van der Waals surface area contributed by atoms with Crippen molar-refractivity contribution in [2.75, 3.05) is 26.3 Å². The van der Waals surface area contributed by atoms with E-state index >= 15 is 0 Å². The molecule has 0 radical (unpaired) electrons. The number of carbonyl (C=O) groups is 1. The van der Waals surface area contributed by atoms with Crippen LogP contribution in [-0.4, -0.2) is 53.4 Å². The fraction of sp³-hybridized carbons (Fsp3) is 0.500. The van der Waals surface area contributed by atoms with Crippen LogP contribution in [0.15, 0.2) is 18.2 Å². The zero-order valence-electron chi connectivity index (χ0n) is 11.1. The molecule has 1 aromatic carbocycles. The van der Waals surface area contributed by atoms with Gasteiger partial charge in [-0.25, -0.2) is 0 Å². The van der Waals surface area contributed by atoms with E-state index < -0.39 is 0 Å². The number of piperidine rings is 1. The number of halogens is 1. The molecule has 5 nitrogen and oxygen atoms in total. The van der Waals surface area contributed by atoms with Crippen molar-refractivity contribution in [2.24, 2.45) is 0 Å². The summed E-state index contributed by atoms with van der Waals surface area (Å²) in [5, 5.41) is 18.9. The number of rotatable bonds is 4. The van der Waals surface area contributed by atoms with Gasteiger partial charge in [0.05, 0.1) is 24.9 Å². The molecule has 1 amide bonds. The summed E-state index contributed by atoms with van der Waals surface area (Å²) in [7, 11) is 0. The van der Waals surface area contributed by atoms with Gasteiger partial charge in [0.2, 0.25) is 0 Å². The van der Waals surface area contributed by atoms with Gasteiger partial charge in [0.15, 0.2) is 0 Å². The number of ether oxygens (including phenoxy) is 1. The second-order valence-corrected chi connectivity index (χ2v) is 5.18. The number of nitrogens with zero attached hydrogens (tertiary/aromatic N) is 1. The van der Waals surface area contributed by atoms with Gasteiger partial charge in [0, 0.05) is 18.1 Å². The summed E-state index contributed by atoms with van der Waals surface area (Å²) < 4.78 is 5.45. The molecule has 1 aliphatic rings. The zero-order chi connectivity index (χ0) is 14.5. The summed E-state index contributed by atoms with van der Waals surface area (Å²) >= 11 is 5.75. The SMILES string of the molecule is O=C(c1ccc(Cl)cc1O)N1CCC(OCCO)CC1. The minimum absolute atomic E-state index is 0.0117. The third-order valence-corrected chi connectivity index (χ3v) is 3.60. The molecule has 0 aliphatic carbocycles. The van der Waals surface area contributed by atoms with Crippen molar-refractivity contribution in [2.45, 2.75) is 18.9 Å². The van der Waals surface area contributed by atoms with Crippen LogP contribution < -0.4 is 0 Å². The Morgan fingerprint density at radius 3 is 2.70 bits per heavy atom. The molecule has 2 N–H and O–H groups in total. The standard InChI is InChI=1S/C14H18ClNO4/c15-10-1-2-12(13(18)9-10)14(19)16-5-3-11(4-6-16)20-8-7-17/h1-2,9,11,17-18H,3-8H2. The van der Waals surface area contributed by atoms with E-state index in [0.717, 1.165) is 12.8 Å². The molecule has 1 aromatic rings. The number of hydrogen-bond acceptors (Lipinski definition) is 4. The molecule has 2 rings (SSSR count). The fourth-order valence-corrected chi connectivity index (χ4v) is 2.47. The Morgan fingerprint density at radius 1 is 1.40 bits per heavy atom. The topological polar surface area (TPSA) is 70.0 Å². The molecule has 1 aliphatic heterocycles. The largest absolute Gasteiger partial charge is 0.507 e. The number of hydrogen-bond donors (Lipinski definition) is 2. The number of aliphatic hydroxyl groups excluding tert-OH is 1. The molecule has 6 heteroatoms. The van der Waals surface area contributed by atoms with Crippen molar-refractivity contribution < 1.29 is 19.7 Å². The number of phenolic OH excluding ortho intramolecular Hbond substituents is 1. The van der Waals surface area contributed by atoms with E-state index in [1.165, 1.54) is 12.1 Å². The van der Waals surface area contributed by atoms with Gasteiger partial charge in [-0.1, -0.05) is 11.6 Å². The second kappa shape index (κ2) is 6.92. The van der Waals surface area contributed by atoms with E-state index in [0.29, 0.717) is 24.7 Å². The quantitative estimate of drug-likeness (QED) is 0.887. The van der Waals surface area contributed by atoms with E-state index in [1.807, 2.05) is 0 Å². The van der Waals surface area contributed by atoms with Crippen LogP contribution in [0.2, 0.25) is 5.02 Å². The number of benzene rings is 1. The maximum atomic E-state index is 12.3. The molecule has 1 heterocycles. The first kappa shape index (κ1) is 15.1. The molecule has 1 fully saturated rings. The molecule has 1 saturated heterocycles. The smallest absolute Gasteiger partial charge is 0.257 e. The first-order valence-electron chi connectivity index (χ1n) is 6.62. The van der Waals surface area contributed by atoms with Gasteiger partial charge < -0.3 is 19.8 Å². The van der Waals surface area contributed by atoms with Gasteiger partial charge in [-0.2, -0.15) is 0 Å². The van der Waals surface area contributed by atoms with Crippen molar-refractivity contribution in [3.63, 3.8) is 0 Å². The maximum absolute atomic E-state index is 12.3. The van der Waals surface area contributed by atoms with Crippen LogP contribution in [0, 0.1) is 0 Å². The molecule has 20 heavy (non-hydrogen) atoms. The Bertz CT molecular complexity index is 472. The van der Waals surface area contributed by atoms with E-state index in [-0.39, 0.29) is 29.9 Å². The van der Waals surface area contributed by atoms with Crippen molar-refractivity contribution in [3.05, 3.63) is 28.8 Å². The number of aliphatic hydroxyl groups is 1. The summed E-state index contributed by atoms with van der Waals surface area (Å²) in [6.07, 6.45) is 1.56. The average Bonchev–Trinajstić information content (AvgIpc) is 2.45. The lowest BCUT2D eigenvalue weighted by atomic mass is 10.1. The van der Waals surface area contributed by atoms with Gasteiger partial charge in [0.1, 0.15) is 5.75 Å². The van der Waals surface area contributed by atoms with Gasteiger partial charge >= 0.3 is 0 Å². The normalized spacial score (nSPS) is 16.4. The van der Waals surface area contributed by atoms with Crippen molar-refractivity contribution in [3.8, 4) is 5.75 Å². The zero-order valence-corrected chi connectivity index (χ0v) is 11.8. The van der Waals surface area contributed by atoms with Crippen LogP contribution in [0.1, 0.15) is 23.2 Å². The van der Waals surface area contributed by atoms with Gasteiger partial charge in [0.25, 0.3) is 5.91 Å². The number of carbonyl (C=O) groups excluding carboxylic acids is 1. The van der Waals surface area contributed by atoms with Crippen molar-refractivity contribution in [1.29, 1.82) is 0 Å². The van der Waals surface area contributed by atoms with Gasteiger partial charge in [-0.3, -0.25) is 4.79 Å². The van der Waals surface area contributed by atoms with Crippen LogP contribution in [0.4, 0.5) is 0 Å². The Morgan fingerprint density at radius 2 is 2.10 bits per heavy atom. The van der Waals surface area contributed by atoms with Crippen LogP contribution >= 0.6 is 11.6 Å². The van der Waals surface area contributed by atoms with Crippen molar-refractivity contribution in [1.82, 2.24) is 4.90 Å². The number of likely N-dealkylation sites (tertiary alicyclic amines) is 1. The number of phenols is 1. The second-order valence-electron chi connectivity index (χ2n) is 4.75. The van der Waals surface area contributed by atoms with Gasteiger partial charge in [-0.05, 0) is 31.0 Å². The third kappa shape index (κ3) is 3.62. The Balaban J connectivity index is 1.94. The Labute approximate surface area is 122 Å². The van der Waals surface area contributed by atoms with E-state index in [2.05, 4.69) is 0 Å². The molecule has 0 atom stereocenters. The minimum Gasteiger partial charge on any atom is -0.507 e. The summed E-state index contributed by atoms with van der Waals surface area (Å²) in [4.78, 5) is 14.0.